The van der Waals surface area contributed by atoms with Crippen LogP contribution in [0.4, 0.5) is 10.5 Å². The van der Waals surface area contributed by atoms with Crippen molar-refractivity contribution in [2.45, 2.75) is 78.1 Å². The van der Waals surface area contributed by atoms with E-state index in [1.54, 1.807) is 6.92 Å². The van der Waals surface area contributed by atoms with Crippen molar-refractivity contribution in [3.63, 3.8) is 0 Å². The molecule has 1 atom stereocenters. The molecule has 1 aliphatic heterocycles. The number of alkyl carbamates (subject to hydrolysis) is 1. The van der Waals surface area contributed by atoms with E-state index in [9.17, 15) is 14.9 Å². The molecule has 1 fully saturated rings. The third-order valence-corrected chi connectivity index (χ3v) is 6.81. The lowest BCUT2D eigenvalue weighted by Crippen LogP contribution is -2.48. The number of carbonyl (C=O) groups is 2. The number of benzene rings is 2. The first-order valence-electron chi connectivity index (χ1n) is 13.1. The second kappa shape index (κ2) is 12.7. The molecular formula is C30H40N4O3. The largest absolute Gasteiger partial charge is 0.444 e. The first kappa shape index (κ1) is 28.2. The van der Waals surface area contributed by atoms with Crippen molar-refractivity contribution in [2.75, 3.05) is 24.5 Å². The van der Waals surface area contributed by atoms with Crippen LogP contribution in [0.5, 0.6) is 0 Å². The summed E-state index contributed by atoms with van der Waals surface area (Å²) in [6.45, 7) is 12.6. The molecule has 1 heterocycles. The smallest absolute Gasteiger partial charge is 0.407 e. The van der Waals surface area contributed by atoms with Gasteiger partial charge in [-0.3, -0.25) is 4.79 Å². The number of likely N-dealkylation sites (tertiary alicyclic amines) is 1. The van der Waals surface area contributed by atoms with Crippen LogP contribution in [0.1, 0.15) is 75.4 Å². The van der Waals surface area contributed by atoms with Gasteiger partial charge in [0.05, 0.1) is 11.6 Å². The van der Waals surface area contributed by atoms with Gasteiger partial charge in [-0.15, -0.1) is 0 Å². The minimum Gasteiger partial charge on any atom is -0.444 e. The number of hydrogen-bond acceptors (Lipinski definition) is 6. The number of nitrogens with one attached hydrogen (secondary N) is 1. The number of carbonyl (C=O) groups excluding carboxylic acids is 2. The van der Waals surface area contributed by atoms with Crippen LogP contribution in [-0.2, 0) is 11.3 Å². The zero-order chi connectivity index (χ0) is 27.0. The molecule has 1 aliphatic rings. The Morgan fingerprint density at radius 3 is 2.43 bits per heavy atom. The Hall–Kier alpha value is -3.37. The Bertz CT molecular complexity index is 1090. The van der Waals surface area contributed by atoms with Gasteiger partial charge in [0.15, 0.2) is 5.78 Å². The number of amides is 1. The van der Waals surface area contributed by atoms with Crippen LogP contribution in [0, 0.1) is 11.3 Å². The minimum absolute atomic E-state index is 0.0586. The third kappa shape index (κ3) is 8.61. The summed E-state index contributed by atoms with van der Waals surface area (Å²) in [5, 5.41) is 12.2. The molecule has 2 aromatic rings. The van der Waals surface area contributed by atoms with E-state index in [-0.39, 0.29) is 11.9 Å². The Morgan fingerprint density at radius 2 is 1.84 bits per heavy atom. The third-order valence-electron chi connectivity index (χ3n) is 6.81. The standard InChI is InChI=1S/C30H40N4O3/c1-22(13-16-32-29(36)37-30(3,4)5)33-17-14-28(15-18-33)34(21-25-8-6-7-24(19-25)20-31)27-11-9-26(10-12-27)23(2)35/h6-12,19,22,28H,13-18,21H2,1-5H3,(H,32,36). The molecule has 0 bridgehead atoms. The average molecular weight is 505 g/mol. The van der Waals surface area contributed by atoms with Gasteiger partial charge in [0.2, 0.25) is 0 Å². The first-order chi connectivity index (χ1) is 17.6. The van der Waals surface area contributed by atoms with Gasteiger partial charge >= 0.3 is 6.09 Å². The first-order valence-corrected chi connectivity index (χ1v) is 13.1. The summed E-state index contributed by atoms with van der Waals surface area (Å²) in [5.74, 6) is 0.0586. The second-order valence-electron chi connectivity index (χ2n) is 10.9. The predicted octanol–water partition coefficient (Wildman–Crippen LogP) is 5.54. The molecule has 1 N–H and O–H groups in total. The molecule has 0 aliphatic carbocycles. The van der Waals surface area contributed by atoms with Gasteiger partial charge in [-0.1, -0.05) is 12.1 Å². The second-order valence-corrected chi connectivity index (χ2v) is 10.9. The van der Waals surface area contributed by atoms with E-state index in [0.29, 0.717) is 36.3 Å². The number of ether oxygens (including phenoxy) is 1. The van der Waals surface area contributed by atoms with Crippen molar-refractivity contribution < 1.29 is 14.3 Å². The van der Waals surface area contributed by atoms with Crippen molar-refractivity contribution in [1.29, 1.82) is 5.26 Å². The van der Waals surface area contributed by atoms with Crippen molar-refractivity contribution in [2.24, 2.45) is 0 Å². The molecule has 7 heteroatoms. The number of hydrogen-bond donors (Lipinski definition) is 1. The molecule has 1 amide bonds. The molecule has 0 radical (unpaired) electrons. The van der Waals surface area contributed by atoms with E-state index in [1.165, 1.54) is 0 Å². The number of piperidine rings is 1. The van der Waals surface area contributed by atoms with E-state index in [4.69, 9.17) is 4.74 Å². The quantitative estimate of drug-likeness (QED) is 0.452. The Kier molecular flexibility index (Phi) is 9.71. The van der Waals surface area contributed by atoms with Gasteiger partial charge in [-0.05, 0) is 95.8 Å². The molecular weight excluding hydrogens is 464 g/mol. The highest BCUT2D eigenvalue weighted by atomic mass is 16.6. The number of ketones is 1. The molecule has 1 saturated heterocycles. The Morgan fingerprint density at radius 1 is 1.16 bits per heavy atom. The molecule has 0 spiro atoms. The monoisotopic (exact) mass is 504 g/mol. The van der Waals surface area contributed by atoms with E-state index < -0.39 is 5.60 Å². The van der Waals surface area contributed by atoms with Gasteiger partial charge in [-0.2, -0.15) is 5.26 Å². The summed E-state index contributed by atoms with van der Waals surface area (Å²) in [6.07, 6.45) is 2.51. The number of nitrogens with zero attached hydrogens (tertiary/aromatic N) is 3. The maximum Gasteiger partial charge on any atom is 0.407 e. The average Bonchev–Trinajstić information content (AvgIpc) is 2.86. The molecule has 7 nitrogen and oxygen atoms in total. The maximum absolute atomic E-state index is 11.9. The van der Waals surface area contributed by atoms with E-state index in [0.717, 1.165) is 43.6 Å². The lowest BCUT2D eigenvalue weighted by molar-refractivity contribution is 0.0520. The van der Waals surface area contributed by atoms with Gasteiger partial charge in [0.25, 0.3) is 0 Å². The van der Waals surface area contributed by atoms with E-state index >= 15 is 0 Å². The lowest BCUT2D eigenvalue weighted by Gasteiger charge is -2.42. The van der Waals surface area contributed by atoms with Crippen LogP contribution in [0.2, 0.25) is 0 Å². The van der Waals surface area contributed by atoms with E-state index in [1.807, 2.05) is 63.2 Å². The summed E-state index contributed by atoms with van der Waals surface area (Å²) in [7, 11) is 0. The zero-order valence-corrected chi connectivity index (χ0v) is 22.8. The van der Waals surface area contributed by atoms with Crippen molar-refractivity contribution >= 4 is 17.6 Å². The summed E-state index contributed by atoms with van der Waals surface area (Å²) in [4.78, 5) is 28.6. The summed E-state index contributed by atoms with van der Waals surface area (Å²) in [6, 6.07) is 18.6. The number of nitriles is 1. The normalized spacial score (nSPS) is 15.5. The fourth-order valence-electron chi connectivity index (χ4n) is 4.77. The van der Waals surface area contributed by atoms with Crippen LogP contribution >= 0.6 is 0 Å². The molecule has 0 saturated carbocycles. The fourth-order valence-corrected chi connectivity index (χ4v) is 4.77. The Labute approximate surface area is 221 Å². The van der Waals surface area contributed by atoms with Crippen molar-refractivity contribution in [3.05, 3.63) is 65.2 Å². The minimum atomic E-state index is -0.494. The summed E-state index contributed by atoms with van der Waals surface area (Å²) >= 11 is 0. The fraction of sp³-hybridized carbons (Fsp3) is 0.500. The summed E-state index contributed by atoms with van der Waals surface area (Å²) in [5.41, 5.74) is 3.05. The van der Waals surface area contributed by atoms with Crippen LogP contribution in [0.15, 0.2) is 48.5 Å². The summed E-state index contributed by atoms with van der Waals surface area (Å²) < 4.78 is 5.33. The van der Waals surface area contributed by atoms with Gasteiger partial charge < -0.3 is 19.9 Å². The molecule has 0 aromatic heterocycles. The molecule has 3 rings (SSSR count). The van der Waals surface area contributed by atoms with Gasteiger partial charge in [0, 0.05) is 49.5 Å². The van der Waals surface area contributed by atoms with Crippen LogP contribution in [0.25, 0.3) is 0 Å². The highest BCUT2D eigenvalue weighted by molar-refractivity contribution is 5.94. The van der Waals surface area contributed by atoms with Crippen molar-refractivity contribution in [1.82, 2.24) is 10.2 Å². The van der Waals surface area contributed by atoms with Crippen molar-refractivity contribution in [3.8, 4) is 6.07 Å². The van der Waals surface area contributed by atoms with E-state index in [2.05, 4.69) is 34.2 Å². The number of Topliss-reactive ketones (excluding diaryl/α,β-unsaturated/α-hetero) is 1. The highest BCUT2D eigenvalue weighted by Gasteiger charge is 2.27. The number of anilines is 1. The van der Waals surface area contributed by atoms with Crippen LogP contribution < -0.4 is 10.2 Å². The SMILES string of the molecule is CC(=O)c1ccc(N(Cc2cccc(C#N)c2)C2CCN(C(C)CCNC(=O)OC(C)(C)C)CC2)cc1. The highest BCUT2D eigenvalue weighted by Crippen LogP contribution is 2.27. The maximum atomic E-state index is 11.9. The molecule has 37 heavy (non-hydrogen) atoms. The van der Waals surface area contributed by atoms with Crippen LogP contribution in [-0.4, -0.2) is 54.1 Å². The topological polar surface area (TPSA) is 85.7 Å². The zero-order valence-electron chi connectivity index (χ0n) is 22.8. The Balaban J connectivity index is 1.63. The predicted molar refractivity (Wildman–Crippen MR) is 147 cm³/mol. The lowest BCUT2D eigenvalue weighted by atomic mass is 9.98. The van der Waals surface area contributed by atoms with Crippen LogP contribution in [0.3, 0.4) is 0 Å². The number of rotatable bonds is 9. The molecule has 2 aromatic carbocycles. The van der Waals surface area contributed by atoms with Gasteiger partial charge in [-0.25, -0.2) is 4.79 Å². The molecule has 1 unspecified atom stereocenters. The van der Waals surface area contributed by atoms with Gasteiger partial charge in [0.1, 0.15) is 5.60 Å². The molecule has 198 valence electrons.